The van der Waals surface area contributed by atoms with Crippen LogP contribution in [-0.4, -0.2) is 52.0 Å². The fourth-order valence-corrected chi connectivity index (χ4v) is 3.03. The van der Waals surface area contributed by atoms with Crippen molar-refractivity contribution < 1.29 is 13.9 Å². The number of morpholine rings is 1. The van der Waals surface area contributed by atoms with Crippen LogP contribution in [-0.2, 0) is 16.1 Å². The highest BCUT2D eigenvalue weighted by molar-refractivity contribution is 5.92. The Hall–Kier alpha value is -3.07. The third-order valence-corrected chi connectivity index (χ3v) is 4.47. The number of nitrogens with zero attached hydrogens (tertiary/aromatic N) is 5. The Bertz CT molecular complexity index is 983. The quantitative estimate of drug-likeness (QED) is 0.753. The van der Waals surface area contributed by atoms with Crippen LogP contribution in [0.1, 0.15) is 5.56 Å². The van der Waals surface area contributed by atoms with Gasteiger partial charge in [0.05, 0.1) is 24.8 Å². The van der Waals surface area contributed by atoms with Crippen molar-refractivity contribution in [2.24, 2.45) is 0 Å². The zero-order valence-corrected chi connectivity index (χ0v) is 14.9. The summed E-state index contributed by atoms with van der Waals surface area (Å²) in [5, 5.41) is 7.75. The molecule has 0 unspecified atom stereocenters. The summed E-state index contributed by atoms with van der Waals surface area (Å²) in [6.07, 6.45) is 3.14. The van der Waals surface area contributed by atoms with E-state index < -0.39 is 0 Å². The van der Waals surface area contributed by atoms with Crippen molar-refractivity contribution in [3.05, 3.63) is 42.1 Å². The number of carbonyl (C=O) groups is 1. The van der Waals surface area contributed by atoms with Gasteiger partial charge in [0.1, 0.15) is 24.5 Å². The summed E-state index contributed by atoms with van der Waals surface area (Å²) >= 11 is 0. The smallest absolute Gasteiger partial charge is 0.246 e. The van der Waals surface area contributed by atoms with Crippen LogP contribution in [0.2, 0.25) is 0 Å². The molecular formula is C18H19FN6O2. The third kappa shape index (κ3) is 3.59. The van der Waals surface area contributed by atoms with E-state index in [0.717, 1.165) is 24.3 Å². The molecule has 4 rings (SSSR count). The predicted molar refractivity (Wildman–Crippen MR) is 98.1 cm³/mol. The second-order valence-electron chi connectivity index (χ2n) is 6.35. The number of carbonyl (C=O) groups excluding carboxylic acids is 1. The number of benzene rings is 1. The molecule has 0 saturated carbocycles. The molecule has 1 amide bonds. The molecule has 140 valence electrons. The van der Waals surface area contributed by atoms with Crippen molar-refractivity contribution in [3.63, 3.8) is 0 Å². The number of aromatic nitrogens is 4. The number of hydrogen-bond donors (Lipinski definition) is 1. The summed E-state index contributed by atoms with van der Waals surface area (Å²) in [6, 6.07) is 4.58. The van der Waals surface area contributed by atoms with Gasteiger partial charge < -0.3 is 15.0 Å². The molecule has 0 atom stereocenters. The van der Waals surface area contributed by atoms with Crippen LogP contribution in [0.4, 0.5) is 15.9 Å². The van der Waals surface area contributed by atoms with Gasteiger partial charge in [0.15, 0.2) is 5.65 Å². The van der Waals surface area contributed by atoms with E-state index in [2.05, 4.69) is 25.3 Å². The number of anilines is 2. The molecule has 0 spiro atoms. The summed E-state index contributed by atoms with van der Waals surface area (Å²) in [5.74, 6) is 0.116. The Morgan fingerprint density at radius 1 is 1.30 bits per heavy atom. The maximum absolute atomic E-state index is 13.6. The summed E-state index contributed by atoms with van der Waals surface area (Å²) in [7, 11) is 0. The number of hydrogen-bond acceptors (Lipinski definition) is 6. The SMILES string of the molecule is Cc1ccc(NC(=O)Cn2ncc3c(N4CCOCC4)ncnc32)cc1F. The van der Waals surface area contributed by atoms with E-state index in [-0.39, 0.29) is 18.3 Å². The Kier molecular flexibility index (Phi) is 4.68. The van der Waals surface area contributed by atoms with Gasteiger partial charge in [0, 0.05) is 18.8 Å². The predicted octanol–water partition coefficient (Wildman–Crippen LogP) is 1.75. The number of amides is 1. The summed E-state index contributed by atoms with van der Waals surface area (Å²) in [6.45, 7) is 4.43. The van der Waals surface area contributed by atoms with Crippen molar-refractivity contribution in [2.75, 3.05) is 36.5 Å². The van der Waals surface area contributed by atoms with Gasteiger partial charge in [0.25, 0.3) is 0 Å². The normalized spacial score (nSPS) is 14.5. The summed E-state index contributed by atoms with van der Waals surface area (Å²) < 4.78 is 20.5. The van der Waals surface area contributed by atoms with Gasteiger partial charge in [-0.2, -0.15) is 5.10 Å². The fourth-order valence-electron chi connectivity index (χ4n) is 3.03. The lowest BCUT2D eigenvalue weighted by molar-refractivity contribution is -0.116. The molecule has 8 nitrogen and oxygen atoms in total. The van der Waals surface area contributed by atoms with Crippen LogP contribution in [0, 0.1) is 12.7 Å². The largest absolute Gasteiger partial charge is 0.378 e. The third-order valence-electron chi connectivity index (χ3n) is 4.47. The first kappa shape index (κ1) is 17.3. The van der Waals surface area contributed by atoms with E-state index in [1.54, 1.807) is 25.3 Å². The minimum Gasteiger partial charge on any atom is -0.378 e. The molecule has 3 heterocycles. The van der Waals surface area contributed by atoms with Crippen LogP contribution in [0.15, 0.2) is 30.7 Å². The number of nitrogens with one attached hydrogen (secondary N) is 1. The first-order chi connectivity index (χ1) is 13.1. The van der Waals surface area contributed by atoms with Crippen LogP contribution in [0.3, 0.4) is 0 Å². The van der Waals surface area contributed by atoms with E-state index in [4.69, 9.17) is 4.74 Å². The van der Waals surface area contributed by atoms with Gasteiger partial charge >= 0.3 is 0 Å². The molecule has 0 bridgehead atoms. The molecule has 1 N–H and O–H groups in total. The highest BCUT2D eigenvalue weighted by Gasteiger charge is 2.18. The van der Waals surface area contributed by atoms with E-state index in [0.29, 0.717) is 30.1 Å². The van der Waals surface area contributed by atoms with Gasteiger partial charge in [-0.3, -0.25) is 4.79 Å². The number of halogens is 1. The van der Waals surface area contributed by atoms with E-state index in [9.17, 15) is 9.18 Å². The number of ether oxygens (including phenoxy) is 1. The molecule has 2 aromatic heterocycles. The van der Waals surface area contributed by atoms with Crippen molar-refractivity contribution in [3.8, 4) is 0 Å². The molecule has 0 radical (unpaired) electrons. The topological polar surface area (TPSA) is 85.2 Å². The van der Waals surface area contributed by atoms with Gasteiger partial charge in [-0.25, -0.2) is 19.0 Å². The summed E-state index contributed by atoms with van der Waals surface area (Å²) in [5.41, 5.74) is 1.51. The number of fused-ring (bicyclic) bond motifs is 1. The van der Waals surface area contributed by atoms with Crippen molar-refractivity contribution in [1.29, 1.82) is 0 Å². The molecule has 27 heavy (non-hydrogen) atoms. The van der Waals surface area contributed by atoms with Gasteiger partial charge in [-0.15, -0.1) is 0 Å². The van der Waals surface area contributed by atoms with Gasteiger partial charge in [-0.1, -0.05) is 6.07 Å². The first-order valence-corrected chi connectivity index (χ1v) is 8.67. The van der Waals surface area contributed by atoms with Crippen molar-refractivity contribution >= 4 is 28.4 Å². The van der Waals surface area contributed by atoms with E-state index in [1.165, 1.54) is 17.1 Å². The van der Waals surface area contributed by atoms with Gasteiger partial charge in [-0.05, 0) is 24.6 Å². The lowest BCUT2D eigenvalue weighted by atomic mass is 10.2. The molecule has 1 aromatic carbocycles. The lowest BCUT2D eigenvalue weighted by Gasteiger charge is -2.27. The average Bonchev–Trinajstić information content (AvgIpc) is 3.08. The number of rotatable bonds is 4. The average molecular weight is 370 g/mol. The van der Waals surface area contributed by atoms with Crippen molar-refractivity contribution in [2.45, 2.75) is 13.5 Å². The highest BCUT2D eigenvalue weighted by Crippen LogP contribution is 2.23. The molecule has 1 saturated heterocycles. The van der Waals surface area contributed by atoms with Crippen molar-refractivity contribution in [1.82, 2.24) is 19.7 Å². The van der Waals surface area contributed by atoms with Crippen LogP contribution >= 0.6 is 0 Å². The molecule has 3 aromatic rings. The Morgan fingerprint density at radius 2 is 2.11 bits per heavy atom. The van der Waals surface area contributed by atoms with Crippen LogP contribution in [0.5, 0.6) is 0 Å². The second kappa shape index (κ2) is 7.28. The van der Waals surface area contributed by atoms with E-state index in [1.807, 2.05) is 0 Å². The Labute approximate surface area is 155 Å². The maximum Gasteiger partial charge on any atom is 0.246 e. The Balaban J connectivity index is 1.53. The Morgan fingerprint density at radius 3 is 2.89 bits per heavy atom. The molecular weight excluding hydrogens is 351 g/mol. The number of aryl methyl sites for hydroxylation is 1. The highest BCUT2D eigenvalue weighted by atomic mass is 19.1. The standard InChI is InChI=1S/C18H19FN6O2/c1-12-2-3-13(8-15(12)19)23-16(26)10-25-18-14(9-22-25)17(20-11-21-18)24-4-6-27-7-5-24/h2-3,8-9,11H,4-7,10H2,1H3,(H,23,26). The van der Waals surface area contributed by atoms with Crippen LogP contribution in [0.25, 0.3) is 11.0 Å². The minimum atomic E-state index is -0.361. The van der Waals surface area contributed by atoms with E-state index >= 15 is 0 Å². The minimum absolute atomic E-state index is 0.0292. The molecule has 0 aliphatic carbocycles. The van der Waals surface area contributed by atoms with Gasteiger partial charge in [0.2, 0.25) is 5.91 Å². The fraction of sp³-hybridized carbons (Fsp3) is 0.333. The van der Waals surface area contributed by atoms with Crippen LogP contribution < -0.4 is 10.2 Å². The molecule has 1 fully saturated rings. The zero-order valence-electron chi connectivity index (χ0n) is 14.9. The molecule has 1 aliphatic heterocycles. The maximum atomic E-state index is 13.6. The molecule has 9 heteroatoms. The second-order valence-corrected chi connectivity index (χ2v) is 6.35. The summed E-state index contributed by atoms with van der Waals surface area (Å²) in [4.78, 5) is 23.1. The molecule has 1 aliphatic rings. The monoisotopic (exact) mass is 370 g/mol. The lowest BCUT2D eigenvalue weighted by Crippen LogP contribution is -2.36. The first-order valence-electron chi connectivity index (χ1n) is 8.67. The zero-order chi connectivity index (χ0) is 18.8.